The van der Waals surface area contributed by atoms with Gasteiger partial charge in [-0.15, -0.1) is 0 Å². The molecule has 0 aliphatic carbocycles. The van der Waals surface area contributed by atoms with Crippen molar-refractivity contribution in [1.82, 2.24) is 0 Å². The predicted molar refractivity (Wildman–Crippen MR) is 51.3 cm³/mol. The molecule has 0 aliphatic rings. The second kappa shape index (κ2) is 9.30. The zero-order valence-electron chi connectivity index (χ0n) is 7.69. The van der Waals surface area contributed by atoms with Gasteiger partial charge in [0.15, 0.2) is 0 Å². The summed E-state index contributed by atoms with van der Waals surface area (Å²) in [6.45, 7) is 4.22. The molecule has 0 spiro atoms. The number of hydrogen-bond donors (Lipinski definition) is 0. The van der Waals surface area contributed by atoms with Crippen LogP contribution in [0.25, 0.3) is 0 Å². The van der Waals surface area contributed by atoms with E-state index >= 15 is 0 Å². The summed E-state index contributed by atoms with van der Waals surface area (Å²) in [6, 6.07) is 0. The van der Waals surface area contributed by atoms with Crippen LogP contribution in [0.1, 0.15) is 46.0 Å². The highest BCUT2D eigenvalue weighted by Crippen LogP contribution is 2.00. The molecule has 0 N–H and O–H groups in total. The standard InChI is InChI=1S/C11H18/c1-3-5-7-9-11-10-8-6-4-2/h3,5H,4,6,8,10-11H2,1-2H3/b5-3+. The van der Waals surface area contributed by atoms with Gasteiger partial charge in [-0.2, -0.15) is 0 Å². The molecule has 0 aromatic rings. The van der Waals surface area contributed by atoms with Crippen LogP contribution in [-0.4, -0.2) is 0 Å². The van der Waals surface area contributed by atoms with Crippen LogP contribution in [-0.2, 0) is 0 Å². The molecule has 0 bridgehead atoms. The Labute approximate surface area is 70.7 Å². The summed E-state index contributed by atoms with van der Waals surface area (Å²) in [5, 5.41) is 0. The van der Waals surface area contributed by atoms with Gasteiger partial charge in [-0.3, -0.25) is 0 Å². The Morgan fingerprint density at radius 2 is 2.00 bits per heavy atom. The molecule has 0 aromatic carbocycles. The van der Waals surface area contributed by atoms with Crippen molar-refractivity contribution in [2.24, 2.45) is 0 Å². The van der Waals surface area contributed by atoms with Crippen molar-refractivity contribution in [3.63, 3.8) is 0 Å². The molecule has 0 rings (SSSR count). The first-order valence-electron chi connectivity index (χ1n) is 4.51. The summed E-state index contributed by atoms with van der Waals surface area (Å²) in [7, 11) is 0. The van der Waals surface area contributed by atoms with Crippen molar-refractivity contribution in [3.8, 4) is 11.8 Å². The number of allylic oxidation sites excluding steroid dienone is 2. The van der Waals surface area contributed by atoms with E-state index in [1.54, 1.807) is 0 Å². The molecule has 0 aromatic heterocycles. The third-order valence-electron chi connectivity index (χ3n) is 1.51. The molecule has 0 saturated heterocycles. The first-order chi connectivity index (χ1) is 5.41. The molecule has 0 nitrogen and oxygen atoms in total. The third-order valence-corrected chi connectivity index (χ3v) is 1.51. The van der Waals surface area contributed by atoms with E-state index in [9.17, 15) is 0 Å². The lowest BCUT2D eigenvalue weighted by Crippen LogP contribution is -1.73. The fourth-order valence-corrected chi connectivity index (χ4v) is 0.855. The highest BCUT2D eigenvalue weighted by atomic mass is 13.9. The molecule has 0 unspecified atom stereocenters. The molecule has 0 amide bonds. The minimum atomic E-state index is 1.06. The van der Waals surface area contributed by atoms with Crippen LogP contribution in [0.5, 0.6) is 0 Å². The number of hydrogen-bond acceptors (Lipinski definition) is 0. The average Bonchev–Trinajstić information content (AvgIpc) is 2.03. The summed E-state index contributed by atoms with van der Waals surface area (Å²) in [5.41, 5.74) is 0. The van der Waals surface area contributed by atoms with Gasteiger partial charge in [0.2, 0.25) is 0 Å². The van der Waals surface area contributed by atoms with Gasteiger partial charge in [-0.25, -0.2) is 0 Å². The minimum absolute atomic E-state index is 1.06. The van der Waals surface area contributed by atoms with Gasteiger partial charge in [-0.05, 0) is 19.4 Å². The van der Waals surface area contributed by atoms with E-state index in [4.69, 9.17) is 0 Å². The molecule has 0 fully saturated rings. The summed E-state index contributed by atoms with van der Waals surface area (Å²) >= 11 is 0. The molecule has 0 heterocycles. The van der Waals surface area contributed by atoms with Crippen molar-refractivity contribution in [2.75, 3.05) is 0 Å². The molecule has 11 heavy (non-hydrogen) atoms. The fraction of sp³-hybridized carbons (Fsp3) is 0.636. The topological polar surface area (TPSA) is 0 Å². The van der Waals surface area contributed by atoms with E-state index in [1.807, 2.05) is 19.1 Å². The Hall–Kier alpha value is -0.700. The lowest BCUT2D eigenvalue weighted by Gasteiger charge is -1.91. The Balaban J connectivity index is 3.08. The highest BCUT2D eigenvalue weighted by Gasteiger charge is 1.82. The van der Waals surface area contributed by atoms with Gasteiger partial charge in [0.05, 0.1) is 0 Å². The van der Waals surface area contributed by atoms with Crippen molar-refractivity contribution in [3.05, 3.63) is 12.2 Å². The van der Waals surface area contributed by atoms with E-state index in [2.05, 4.69) is 18.8 Å². The van der Waals surface area contributed by atoms with Crippen LogP contribution in [0.15, 0.2) is 12.2 Å². The largest absolute Gasteiger partial charge is 0.0985 e. The van der Waals surface area contributed by atoms with Gasteiger partial charge in [-0.1, -0.05) is 44.1 Å². The maximum atomic E-state index is 3.11. The first kappa shape index (κ1) is 10.3. The van der Waals surface area contributed by atoms with Crippen LogP contribution >= 0.6 is 0 Å². The van der Waals surface area contributed by atoms with E-state index in [0.717, 1.165) is 6.42 Å². The number of rotatable bonds is 4. The minimum Gasteiger partial charge on any atom is -0.0985 e. The molecular formula is C11H18. The molecule has 0 aliphatic heterocycles. The van der Waals surface area contributed by atoms with Gasteiger partial charge in [0, 0.05) is 6.42 Å². The van der Waals surface area contributed by atoms with Gasteiger partial charge >= 0.3 is 0 Å². The van der Waals surface area contributed by atoms with E-state index in [-0.39, 0.29) is 0 Å². The average molecular weight is 150 g/mol. The maximum Gasteiger partial charge on any atom is 0.00922 e. The normalized spacial score (nSPS) is 9.64. The number of unbranched alkanes of at least 4 members (excludes halogenated alkanes) is 4. The van der Waals surface area contributed by atoms with Crippen molar-refractivity contribution >= 4 is 0 Å². The first-order valence-corrected chi connectivity index (χ1v) is 4.51. The Morgan fingerprint density at radius 1 is 1.18 bits per heavy atom. The zero-order valence-corrected chi connectivity index (χ0v) is 7.69. The third kappa shape index (κ3) is 9.30. The molecule has 0 heteroatoms. The van der Waals surface area contributed by atoms with Crippen molar-refractivity contribution in [2.45, 2.75) is 46.0 Å². The molecule has 62 valence electrons. The van der Waals surface area contributed by atoms with Gasteiger partial charge < -0.3 is 0 Å². The Kier molecular flexibility index (Phi) is 8.71. The molecule has 0 saturated carbocycles. The maximum absolute atomic E-state index is 3.11. The Bertz CT molecular complexity index is 143. The fourth-order valence-electron chi connectivity index (χ4n) is 0.855. The predicted octanol–water partition coefficient (Wildman–Crippen LogP) is 3.54. The van der Waals surface area contributed by atoms with E-state index in [1.165, 1.54) is 25.7 Å². The summed E-state index contributed by atoms with van der Waals surface area (Å²) in [4.78, 5) is 0. The van der Waals surface area contributed by atoms with Crippen LogP contribution in [0.3, 0.4) is 0 Å². The van der Waals surface area contributed by atoms with Crippen molar-refractivity contribution in [1.29, 1.82) is 0 Å². The quantitative estimate of drug-likeness (QED) is 0.425. The van der Waals surface area contributed by atoms with Gasteiger partial charge in [0.25, 0.3) is 0 Å². The van der Waals surface area contributed by atoms with E-state index in [0.29, 0.717) is 0 Å². The molecule has 0 radical (unpaired) electrons. The Morgan fingerprint density at radius 3 is 2.64 bits per heavy atom. The summed E-state index contributed by atoms with van der Waals surface area (Å²) in [5.74, 6) is 6.09. The van der Waals surface area contributed by atoms with Gasteiger partial charge in [0.1, 0.15) is 0 Å². The zero-order chi connectivity index (χ0) is 8.36. The van der Waals surface area contributed by atoms with Crippen LogP contribution in [0, 0.1) is 11.8 Å². The lowest BCUT2D eigenvalue weighted by atomic mass is 10.2. The molecular weight excluding hydrogens is 132 g/mol. The van der Waals surface area contributed by atoms with Crippen LogP contribution in [0.2, 0.25) is 0 Å². The summed E-state index contributed by atoms with van der Waals surface area (Å²) in [6.07, 6.45) is 10.2. The highest BCUT2D eigenvalue weighted by molar-refractivity contribution is 5.14. The lowest BCUT2D eigenvalue weighted by molar-refractivity contribution is 0.679. The summed E-state index contributed by atoms with van der Waals surface area (Å²) < 4.78 is 0. The van der Waals surface area contributed by atoms with Crippen LogP contribution in [0.4, 0.5) is 0 Å². The van der Waals surface area contributed by atoms with Crippen LogP contribution < -0.4 is 0 Å². The van der Waals surface area contributed by atoms with E-state index < -0.39 is 0 Å². The smallest absolute Gasteiger partial charge is 0.00922 e. The SMILES string of the molecule is C/C=C/C#CCCCCCC. The second-order valence-corrected chi connectivity index (χ2v) is 2.63. The second-order valence-electron chi connectivity index (χ2n) is 2.63. The van der Waals surface area contributed by atoms with Crippen molar-refractivity contribution < 1.29 is 0 Å². The monoisotopic (exact) mass is 150 g/mol. The molecule has 0 atom stereocenters.